The summed E-state index contributed by atoms with van der Waals surface area (Å²) in [5, 5.41) is 2.77. The minimum Gasteiger partial charge on any atom is -0.359 e. The van der Waals surface area contributed by atoms with Gasteiger partial charge in [0, 0.05) is 13.0 Å². The SMILES string of the molecule is CCCC(CCC(CC)C(=O)NC)c1ccccc1. The largest absolute Gasteiger partial charge is 0.359 e. The Balaban J connectivity index is 2.61. The minimum atomic E-state index is 0.160. The third kappa shape index (κ3) is 5.06. The molecule has 0 fully saturated rings. The highest BCUT2D eigenvalue weighted by Crippen LogP contribution is 2.28. The van der Waals surface area contributed by atoms with Crippen molar-refractivity contribution in [3.63, 3.8) is 0 Å². The maximum atomic E-state index is 11.7. The molecule has 2 heteroatoms. The minimum absolute atomic E-state index is 0.160. The number of carbonyl (C=O) groups excluding carboxylic acids is 1. The van der Waals surface area contributed by atoms with Crippen molar-refractivity contribution in [2.45, 2.75) is 51.9 Å². The monoisotopic (exact) mass is 261 g/mol. The molecule has 1 N–H and O–H groups in total. The molecule has 0 radical (unpaired) electrons. The Morgan fingerprint density at radius 2 is 1.79 bits per heavy atom. The number of rotatable bonds is 8. The van der Waals surface area contributed by atoms with E-state index >= 15 is 0 Å². The van der Waals surface area contributed by atoms with Crippen molar-refractivity contribution in [1.29, 1.82) is 0 Å². The molecule has 1 rings (SSSR count). The maximum Gasteiger partial charge on any atom is 0.222 e. The van der Waals surface area contributed by atoms with Gasteiger partial charge in [0.05, 0.1) is 0 Å². The molecule has 2 unspecified atom stereocenters. The average molecular weight is 261 g/mol. The molecule has 0 aliphatic heterocycles. The third-order valence-electron chi connectivity index (χ3n) is 3.88. The van der Waals surface area contributed by atoms with Crippen molar-refractivity contribution >= 4 is 5.91 Å². The molecule has 0 saturated carbocycles. The van der Waals surface area contributed by atoms with Crippen molar-refractivity contribution in [2.75, 3.05) is 7.05 Å². The molecule has 1 amide bonds. The first kappa shape index (κ1) is 15.7. The fourth-order valence-electron chi connectivity index (χ4n) is 2.68. The Bertz CT molecular complexity index is 361. The molecule has 2 atom stereocenters. The Hall–Kier alpha value is -1.31. The van der Waals surface area contributed by atoms with Crippen LogP contribution < -0.4 is 5.32 Å². The van der Waals surface area contributed by atoms with Crippen LogP contribution in [0, 0.1) is 5.92 Å². The third-order valence-corrected chi connectivity index (χ3v) is 3.88. The molecule has 106 valence electrons. The van der Waals surface area contributed by atoms with Gasteiger partial charge in [-0.25, -0.2) is 0 Å². The van der Waals surface area contributed by atoms with E-state index in [1.54, 1.807) is 7.05 Å². The van der Waals surface area contributed by atoms with Gasteiger partial charge in [-0.1, -0.05) is 50.6 Å². The van der Waals surface area contributed by atoms with Gasteiger partial charge in [-0.3, -0.25) is 4.79 Å². The summed E-state index contributed by atoms with van der Waals surface area (Å²) >= 11 is 0. The molecule has 2 nitrogen and oxygen atoms in total. The zero-order valence-corrected chi connectivity index (χ0v) is 12.5. The molecule has 0 saturated heterocycles. The number of nitrogens with one attached hydrogen (secondary N) is 1. The number of carbonyl (C=O) groups is 1. The van der Waals surface area contributed by atoms with E-state index in [-0.39, 0.29) is 11.8 Å². The molecule has 1 aromatic carbocycles. The van der Waals surface area contributed by atoms with Gasteiger partial charge in [0.25, 0.3) is 0 Å². The summed E-state index contributed by atoms with van der Waals surface area (Å²) in [6.45, 7) is 4.32. The first-order valence-corrected chi connectivity index (χ1v) is 7.49. The molecule has 19 heavy (non-hydrogen) atoms. The van der Waals surface area contributed by atoms with Crippen LogP contribution >= 0.6 is 0 Å². The van der Waals surface area contributed by atoms with Crippen molar-refractivity contribution in [1.82, 2.24) is 5.32 Å². The Labute approximate surface area is 117 Å². The van der Waals surface area contributed by atoms with Crippen LogP contribution in [0.2, 0.25) is 0 Å². The lowest BCUT2D eigenvalue weighted by Crippen LogP contribution is -2.27. The Morgan fingerprint density at radius 1 is 1.11 bits per heavy atom. The molecule has 0 aliphatic carbocycles. The highest BCUT2D eigenvalue weighted by atomic mass is 16.1. The van der Waals surface area contributed by atoms with Gasteiger partial charge in [0.2, 0.25) is 5.91 Å². The van der Waals surface area contributed by atoms with E-state index in [9.17, 15) is 4.79 Å². The molecule has 1 aromatic rings. The van der Waals surface area contributed by atoms with E-state index in [1.807, 2.05) is 0 Å². The van der Waals surface area contributed by atoms with Gasteiger partial charge >= 0.3 is 0 Å². The van der Waals surface area contributed by atoms with Crippen molar-refractivity contribution in [3.8, 4) is 0 Å². The summed E-state index contributed by atoms with van der Waals surface area (Å²) in [4.78, 5) is 11.7. The number of hydrogen-bond acceptors (Lipinski definition) is 1. The summed E-state index contributed by atoms with van der Waals surface area (Å²) in [7, 11) is 1.73. The lowest BCUT2D eigenvalue weighted by molar-refractivity contribution is -0.124. The van der Waals surface area contributed by atoms with Crippen LogP contribution in [0.3, 0.4) is 0 Å². The standard InChI is InChI=1S/C17H27NO/c1-4-9-15(16-10-7-6-8-11-16)13-12-14(5-2)17(19)18-3/h6-8,10-11,14-15H,4-5,9,12-13H2,1-3H3,(H,18,19). The van der Waals surface area contributed by atoms with Gasteiger partial charge in [-0.05, 0) is 37.2 Å². The topological polar surface area (TPSA) is 29.1 Å². The number of benzene rings is 1. The maximum absolute atomic E-state index is 11.7. The summed E-state index contributed by atoms with van der Waals surface area (Å²) in [6, 6.07) is 10.7. The van der Waals surface area contributed by atoms with Gasteiger partial charge in [-0.15, -0.1) is 0 Å². The molecule has 0 spiro atoms. The van der Waals surface area contributed by atoms with E-state index in [1.165, 1.54) is 18.4 Å². The average Bonchev–Trinajstić information content (AvgIpc) is 2.47. The molecule has 0 aromatic heterocycles. The second-order valence-corrected chi connectivity index (χ2v) is 5.19. The summed E-state index contributed by atoms with van der Waals surface area (Å²) in [5.41, 5.74) is 1.41. The van der Waals surface area contributed by atoms with Crippen LogP contribution in [0.15, 0.2) is 30.3 Å². The van der Waals surface area contributed by atoms with Crippen molar-refractivity contribution < 1.29 is 4.79 Å². The van der Waals surface area contributed by atoms with Crippen LogP contribution in [-0.4, -0.2) is 13.0 Å². The first-order chi connectivity index (χ1) is 9.22. The van der Waals surface area contributed by atoms with Crippen LogP contribution in [-0.2, 0) is 4.79 Å². The zero-order valence-electron chi connectivity index (χ0n) is 12.5. The lowest BCUT2D eigenvalue weighted by Gasteiger charge is -2.20. The number of hydrogen-bond donors (Lipinski definition) is 1. The summed E-state index contributed by atoms with van der Waals surface area (Å²) < 4.78 is 0. The zero-order chi connectivity index (χ0) is 14.1. The van der Waals surface area contributed by atoms with Crippen LogP contribution in [0.1, 0.15) is 57.4 Å². The normalized spacial score (nSPS) is 13.8. The van der Waals surface area contributed by atoms with Crippen molar-refractivity contribution in [2.24, 2.45) is 5.92 Å². The van der Waals surface area contributed by atoms with Gasteiger partial charge < -0.3 is 5.32 Å². The quantitative estimate of drug-likeness (QED) is 0.749. The summed E-state index contributed by atoms with van der Waals surface area (Å²) in [6.07, 6.45) is 5.40. The van der Waals surface area contributed by atoms with E-state index in [0.29, 0.717) is 5.92 Å². The summed E-state index contributed by atoms with van der Waals surface area (Å²) in [5.74, 6) is 0.934. The molecule has 0 heterocycles. The Kier molecular flexibility index (Phi) is 7.24. The fourth-order valence-corrected chi connectivity index (χ4v) is 2.68. The lowest BCUT2D eigenvalue weighted by atomic mass is 9.86. The van der Waals surface area contributed by atoms with Gasteiger partial charge in [0.1, 0.15) is 0 Å². The van der Waals surface area contributed by atoms with E-state index in [2.05, 4.69) is 49.5 Å². The van der Waals surface area contributed by atoms with Gasteiger partial charge in [0.15, 0.2) is 0 Å². The van der Waals surface area contributed by atoms with E-state index < -0.39 is 0 Å². The predicted octanol–water partition coefficient (Wildman–Crippen LogP) is 4.12. The van der Waals surface area contributed by atoms with Gasteiger partial charge in [-0.2, -0.15) is 0 Å². The van der Waals surface area contributed by atoms with E-state index in [4.69, 9.17) is 0 Å². The smallest absolute Gasteiger partial charge is 0.222 e. The molecular formula is C17H27NO. The fraction of sp³-hybridized carbons (Fsp3) is 0.588. The molecular weight excluding hydrogens is 234 g/mol. The highest BCUT2D eigenvalue weighted by Gasteiger charge is 2.18. The Morgan fingerprint density at radius 3 is 2.32 bits per heavy atom. The van der Waals surface area contributed by atoms with E-state index in [0.717, 1.165) is 19.3 Å². The second kappa shape index (κ2) is 8.73. The molecule has 0 bridgehead atoms. The second-order valence-electron chi connectivity index (χ2n) is 5.19. The predicted molar refractivity (Wildman–Crippen MR) is 81.2 cm³/mol. The first-order valence-electron chi connectivity index (χ1n) is 7.49. The van der Waals surface area contributed by atoms with Crippen LogP contribution in [0.25, 0.3) is 0 Å². The van der Waals surface area contributed by atoms with Crippen LogP contribution in [0.5, 0.6) is 0 Å². The number of amides is 1. The molecule has 0 aliphatic rings. The van der Waals surface area contributed by atoms with Crippen LogP contribution in [0.4, 0.5) is 0 Å². The highest BCUT2D eigenvalue weighted by molar-refractivity contribution is 5.78. The van der Waals surface area contributed by atoms with Crippen molar-refractivity contribution in [3.05, 3.63) is 35.9 Å².